The lowest BCUT2D eigenvalue weighted by Crippen LogP contribution is -2.23. The molecular formula is C12H24N2O2. The van der Waals surface area contributed by atoms with Crippen LogP contribution in [0, 0.1) is 0 Å². The third-order valence-corrected chi connectivity index (χ3v) is 2.15. The van der Waals surface area contributed by atoms with Crippen molar-refractivity contribution in [2.75, 3.05) is 26.7 Å². The van der Waals surface area contributed by atoms with Crippen molar-refractivity contribution in [3.8, 4) is 0 Å². The molecule has 0 bridgehead atoms. The first-order valence-electron chi connectivity index (χ1n) is 5.92. The Morgan fingerprint density at radius 2 is 2.25 bits per heavy atom. The Hall–Kier alpha value is -0.870. The summed E-state index contributed by atoms with van der Waals surface area (Å²) in [7, 11) is 2.07. The van der Waals surface area contributed by atoms with Gasteiger partial charge < -0.3 is 9.74 Å². The van der Waals surface area contributed by atoms with Gasteiger partial charge in [-0.3, -0.25) is 4.79 Å². The first-order chi connectivity index (χ1) is 7.70. The van der Waals surface area contributed by atoms with Gasteiger partial charge in [-0.25, -0.2) is 0 Å². The van der Waals surface area contributed by atoms with Gasteiger partial charge in [0.1, 0.15) is 0 Å². The highest BCUT2D eigenvalue weighted by Gasteiger charge is 1.99. The number of hydroxylamine groups is 1. The Bertz CT molecular complexity index is 195. The molecule has 0 aromatic rings. The topological polar surface area (TPSA) is 41.6 Å². The molecule has 16 heavy (non-hydrogen) atoms. The molecule has 0 rings (SSSR count). The maximum absolute atomic E-state index is 11.0. The summed E-state index contributed by atoms with van der Waals surface area (Å²) in [5, 5.41) is 0. The van der Waals surface area contributed by atoms with E-state index in [0.29, 0.717) is 6.42 Å². The molecule has 0 aliphatic heterocycles. The van der Waals surface area contributed by atoms with Gasteiger partial charge in [0, 0.05) is 19.5 Å². The summed E-state index contributed by atoms with van der Waals surface area (Å²) in [6.45, 7) is 8.31. The molecule has 0 radical (unpaired) electrons. The smallest absolute Gasteiger partial charge is 0.324 e. The van der Waals surface area contributed by atoms with E-state index < -0.39 is 0 Å². The molecule has 0 unspecified atom stereocenters. The predicted octanol–water partition coefficient (Wildman–Crippen LogP) is 1.73. The molecule has 0 aliphatic carbocycles. The standard InChI is InChI=1S/C12H24N2O2/c1-4-8-12(15)16-13-9-6-7-11-14(3)10-5-2/h5,13H,2,4,6-11H2,1,3H3. The van der Waals surface area contributed by atoms with Crippen LogP contribution >= 0.6 is 0 Å². The molecule has 0 saturated heterocycles. The van der Waals surface area contributed by atoms with Crippen LogP contribution in [-0.4, -0.2) is 37.6 Å². The van der Waals surface area contributed by atoms with Crippen LogP contribution < -0.4 is 5.48 Å². The molecule has 0 aliphatic rings. The number of hydrogen-bond acceptors (Lipinski definition) is 4. The monoisotopic (exact) mass is 228 g/mol. The number of carbonyl (C=O) groups excluding carboxylic acids is 1. The average Bonchev–Trinajstić information content (AvgIpc) is 2.24. The normalized spacial score (nSPS) is 10.4. The van der Waals surface area contributed by atoms with Crippen LogP contribution in [0.25, 0.3) is 0 Å². The second-order valence-electron chi connectivity index (χ2n) is 3.88. The summed E-state index contributed by atoms with van der Waals surface area (Å²) >= 11 is 0. The first kappa shape index (κ1) is 15.1. The van der Waals surface area contributed by atoms with E-state index in [1.807, 2.05) is 13.0 Å². The number of unbranched alkanes of at least 4 members (excludes halogenated alkanes) is 1. The van der Waals surface area contributed by atoms with Gasteiger partial charge in [0.25, 0.3) is 0 Å². The number of nitrogens with one attached hydrogen (secondary N) is 1. The molecule has 0 fully saturated rings. The number of nitrogens with zero attached hydrogens (tertiary/aromatic N) is 1. The fourth-order valence-electron chi connectivity index (χ4n) is 1.28. The Morgan fingerprint density at radius 1 is 1.50 bits per heavy atom. The van der Waals surface area contributed by atoms with Crippen LogP contribution in [0.5, 0.6) is 0 Å². The maximum Gasteiger partial charge on any atom is 0.324 e. The molecule has 0 aromatic carbocycles. The lowest BCUT2D eigenvalue weighted by molar-refractivity contribution is -0.151. The zero-order chi connectivity index (χ0) is 12.2. The van der Waals surface area contributed by atoms with E-state index in [0.717, 1.165) is 38.9 Å². The fraction of sp³-hybridized carbons (Fsp3) is 0.750. The zero-order valence-corrected chi connectivity index (χ0v) is 10.5. The number of hydrogen-bond donors (Lipinski definition) is 1. The van der Waals surface area contributed by atoms with E-state index in [2.05, 4.69) is 24.0 Å². The number of likely N-dealkylation sites (N-methyl/N-ethyl adjacent to an activating group) is 1. The van der Waals surface area contributed by atoms with Crippen molar-refractivity contribution >= 4 is 5.97 Å². The maximum atomic E-state index is 11.0. The molecule has 4 heteroatoms. The molecule has 0 aromatic heterocycles. The zero-order valence-electron chi connectivity index (χ0n) is 10.5. The van der Waals surface area contributed by atoms with Gasteiger partial charge in [-0.2, -0.15) is 5.48 Å². The Morgan fingerprint density at radius 3 is 2.88 bits per heavy atom. The first-order valence-corrected chi connectivity index (χ1v) is 5.92. The van der Waals surface area contributed by atoms with Gasteiger partial charge in [-0.05, 0) is 32.9 Å². The fourth-order valence-corrected chi connectivity index (χ4v) is 1.28. The van der Waals surface area contributed by atoms with Crippen molar-refractivity contribution in [3.05, 3.63) is 12.7 Å². The van der Waals surface area contributed by atoms with Crippen molar-refractivity contribution in [1.82, 2.24) is 10.4 Å². The van der Waals surface area contributed by atoms with Crippen molar-refractivity contribution in [2.45, 2.75) is 32.6 Å². The van der Waals surface area contributed by atoms with Gasteiger partial charge in [0.05, 0.1) is 0 Å². The van der Waals surface area contributed by atoms with E-state index in [4.69, 9.17) is 4.84 Å². The highest BCUT2D eigenvalue weighted by Crippen LogP contribution is 1.93. The quantitative estimate of drug-likeness (QED) is 0.351. The van der Waals surface area contributed by atoms with Crippen LogP contribution in [0.2, 0.25) is 0 Å². The average molecular weight is 228 g/mol. The molecule has 94 valence electrons. The lowest BCUT2D eigenvalue weighted by Gasteiger charge is -2.13. The lowest BCUT2D eigenvalue weighted by atomic mass is 10.3. The van der Waals surface area contributed by atoms with Crippen LogP contribution in [0.3, 0.4) is 0 Å². The van der Waals surface area contributed by atoms with Crippen molar-refractivity contribution in [3.63, 3.8) is 0 Å². The Balaban J connectivity index is 3.21. The molecule has 0 spiro atoms. The van der Waals surface area contributed by atoms with E-state index in [-0.39, 0.29) is 5.97 Å². The minimum absolute atomic E-state index is 0.175. The van der Waals surface area contributed by atoms with Crippen LogP contribution in [0.1, 0.15) is 32.6 Å². The van der Waals surface area contributed by atoms with Gasteiger partial charge in [-0.15, -0.1) is 6.58 Å². The number of carbonyl (C=O) groups is 1. The highest BCUT2D eigenvalue weighted by atomic mass is 16.7. The van der Waals surface area contributed by atoms with Crippen molar-refractivity contribution in [2.24, 2.45) is 0 Å². The summed E-state index contributed by atoms with van der Waals surface area (Å²) in [5.41, 5.74) is 2.69. The SMILES string of the molecule is C=CCN(C)CCCCNOC(=O)CCC. The number of rotatable bonds is 10. The third-order valence-electron chi connectivity index (χ3n) is 2.15. The van der Waals surface area contributed by atoms with E-state index in [1.165, 1.54) is 0 Å². The second-order valence-corrected chi connectivity index (χ2v) is 3.88. The van der Waals surface area contributed by atoms with Crippen molar-refractivity contribution in [1.29, 1.82) is 0 Å². The summed E-state index contributed by atoms with van der Waals surface area (Å²) in [6, 6.07) is 0. The third kappa shape index (κ3) is 9.68. The van der Waals surface area contributed by atoms with Gasteiger partial charge >= 0.3 is 5.97 Å². The molecular weight excluding hydrogens is 204 g/mol. The van der Waals surface area contributed by atoms with Gasteiger partial charge in [0.15, 0.2) is 0 Å². The van der Waals surface area contributed by atoms with Crippen molar-refractivity contribution < 1.29 is 9.63 Å². The van der Waals surface area contributed by atoms with Gasteiger partial charge in [0.2, 0.25) is 0 Å². The predicted molar refractivity (Wildman–Crippen MR) is 65.9 cm³/mol. The van der Waals surface area contributed by atoms with Gasteiger partial charge in [-0.1, -0.05) is 13.0 Å². The minimum Gasteiger partial charge on any atom is -0.371 e. The minimum atomic E-state index is -0.175. The summed E-state index contributed by atoms with van der Waals surface area (Å²) < 4.78 is 0. The Kier molecular flexibility index (Phi) is 10.1. The molecule has 1 N–H and O–H groups in total. The Labute approximate surface area is 98.6 Å². The van der Waals surface area contributed by atoms with E-state index >= 15 is 0 Å². The largest absolute Gasteiger partial charge is 0.371 e. The van der Waals surface area contributed by atoms with E-state index in [1.54, 1.807) is 0 Å². The van der Waals surface area contributed by atoms with Crippen LogP contribution in [-0.2, 0) is 9.63 Å². The summed E-state index contributed by atoms with van der Waals surface area (Å²) in [6.07, 6.45) is 5.29. The second kappa shape index (κ2) is 10.6. The van der Waals surface area contributed by atoms with Crippen LogP contribution in [0.15, 0.2) is 12.7 Å². The molecule has 4 nitrogen and oxygen atoms in total. The van der Waals surface area contributed by atoms with Crippen LogP contribution in [0.4, 0.5) is 0 Å². The molecule has 0 heterocycles. The summed E-state index contributed by atoms with van der Waals surface area (Å²) in [5.74, 6) is -0.175. The van der Waals surface area contributed by atoms with E-state index in [9.17, 15) is 4.79 Å². The molecule has 0 saturated carbocycles. The summed E-state index contributed by atoms with van der Waals surface area (Å²) in [4.78, 5) is 18.0. The molecule has 0 atom stereocenters. The molecule has 0 amide bonds. The highest BCUT2D eigenvalue weighted by molar-refractivity contribution is 5.68.